The van der Waals surface area contributed by atoms with Crippen molar-refractivity contribution in [2.24, 2.45) is 0 Å². The normalized spacial score (nSPS) is 11.6. The van der Waals surface area contributed by atoms with Crippen LogP contribution in [0, 0.1) is 12.3 Å². The lowest BCUT2D eigenvalue weighted by atomic mass is 10.2. The first-order valence-electron chi connectivity index (χ1n) is 4.97. The van der Waals surface area contributed by atoms with E-state index in [1.54, 1.807) is 13.3 Å². The quantitative estimate of drug-likeness (QED) is 0.844. The summed E-state index contributed by atoms with van der Waals surface area (Å²) >= 11 is 3.29. The predicted molar refractivity (Wildman–Crippen MR) is 67.4 cm³/mol. The molecule has 0 aliphatic rings. The van der Waals surface area contributed by atoms with Gasteiger partial charge in [0, 0.05) is 12.5 Å². The van der Waals surface area contributed by atoms with Crippen LogP contribution in [0.1, 0.15) is 19.8 Å². The Bertz CT molecular complexity index is 389. The second kappa shape index (κ2) is 6.33. The molecule has 1 unspecified atom stereocenters. The standard InChI is InChI=1S/C11H14BrN3O/c1-4-6-8(5-2)14-11-13-7-9(12)10(15-11)16-3/h1,7-8H,5-6H2,2-3H3,(H,13,14,15). The van der Waals surface area contributed by atoms with Crippen LogP contribution in [0.3, 0.4) is 0 Å². The minimum absolute atomic E-state index is 0.191. The van der Waals surface area contributed by atoms with E-state index in [1.165, 1.54) is 0 Å². The second-order valence-electron chi connectivity index (χ2n) is 3.21. The van der Waals surface area contributed by atoms with Gasteiger partial charge in [-0.3, -0.25) is 0 Å². The predicted octanol–water partition coefficient (Wildman–Crippen LogP) is 2.46. The summed E-state index contributed by atoms with van der Waals surface area (Å²) in [5.74, 6) is 3.66. The van der Waals surface area contributed by atoms with Crippen molar-refractivity contribution < 1.29 is 4.74 Å². The van der Waals surface area contributed by atoms with Crippen LogP contribution in [0.4, 0.5) is 5.95 Å². The maximum atomic E-state index is 5.28. The van der Waals surface area contributed by atoms with Crippen LogP contribution < -0.4 is 10.1 Å². The van der Waals surface area contributed by atoms with Gasteiger partial charge < -0.3 is 10.1 Å². The number of ether oxygens (including phenoxy) is 1. The summed E-state index contributed by atoms with van der Waals surface area (Å²) in [5.41, 5.74) is 0. The SMILES string of the molecule is C#CCC(CC)Nc1ncc(Br)c(OC)n1. The Labute approximate surface area is 104 Å². The Kier molecular flexibility index (Phi) is 5.06. The molecule has 16 heavy (non-hydrogen) atoms. The van der Waals surface area contributed by atoms with Gasteiger partial charge in [-0.05, 0) is 22.4 Å². The van der Waals surface area contributed by atoms with Crippen LogP contribution in [0.25, 0.3) is 0 Å². The third kappa shape index (κ3) is 3.38. The molecule has 0 saturated heterocycles. The van der Waals surface area contributed by atoms with E-state index in [0.29, 0.717) is 18.2 Å². The Morgan fingerprint density at radius 2 is 2.44 bits per heavy atom. The van der Waals surface area contributed by atoms with Gasteiger partial charge in [0.15, 0.2) is 0 Å². The van der Waals surface area contributed by atoms with Gasteiger partial charge in [-0.15, -0.1) is 12.3 Å². The molecule has 1 aromatic rings. The van der Waals surface area contributed by atoms with Crippen molar-refractivity contribution in [3.8, 4) is 18.2 Å². The van der Waals surface area contributed by atoms with Gasteiger partial charge in [-0.1, -0.05) is 6.92 Å². The smallest absolute Gasteiger partial charge is 0.232 e. The number of hydrogen-bond acceptors (Lipinski definition) is 4. The molecule has 0 bridgehead atoms. The highest BCUT2D eigenvalue weighted by atomic mass is 79.9. The lowest BCUT2D eigenvalue weighted by Gasteiger charge is -2.14. The van der Waals surface area contributed by atoms with E-state index in [0.717, 1.165) is 10.9 Å². The number of nitrogens with one attached hydrogen (secondary N) is 1. The summed E-state index contributed by atoms with van der Waals surface area (Å²) in [7, 11) is 1.57. The monoisotopic (exact) mass is 283 g/mol. The minimum Gasteiger partial charge on any atom is -0.480 e. The number of aromatic nitrogens is 2. The number of anilines is 1. The fourth-order valence-corrected chi connectivity index (χ4v) is 1.54. The molecule has 0 spiro atoms. The van der Waals surface area contributed by atoms with Gasteiger partial charge >= 0.3 is 0 Å². The van der Waals surface area contributed by atoms with E-state index in [2.05, 4.69) is 44.1 Å². The van der Waals surface area contributed by atoms with Gasteiger partial charge in [0.25, 0.3) is 0 Å². The minimum atomic E-state index is 0.191. The summed E-state index contributed by atoms with van der Waals surface area (Å²) in [5, 5.41) is 3.17. The first kappa shape index (κ1) is 12.8. The van der Waals surface area contributed by atoms with Crippen molar-refractivity contribution in [3.63, 3.8) is 0 Å². The van der Waals surface area contributed by atoms with Crippen LogP contribution in [-0.4, -0.2) is 23.1 Å². The summed E-state index contributed by atoms with van der Waals surface area (Å²) < 4.78 is 5.81. The molecule has 1 rings (SSSR count). The van der Waals surface area contributed by atoms with Gasteiger partial charge in [-0.2, -0.15) is 4.98 Å². The summed E-state index contributed by atoms with van der Waals surface area (Å²) in [4.78, 5) is 8.34. The van der Waals surface area contributed by atoms with E-state index in [4.69, 9.17) is 11.2 Å². The molecule has 0 amide bonds. The van der Waals surface area contributed by atoms with E-state index >= 15 is 0 Å². The van der Waals surface area contributed by atoms with Crippen LogP contribution in [0.5, 0.6) is 5.88 Å². The summed E-state index contributed by atoms with van der Waals surface area (Å²) in [6.45, 7) is 2.06. The highest BCUT2D eigenvalue weighted by Crippen LogP contribution is 2.22. The molecule has 0 radical (unpaired) electrons. The van der Waals surface area contributed by atoms with Crippen molar-refractivity contribution in [3.05, 3.63) is 10.7 Å². The van der Waals surface area contributed by atoms with E-state index in [1.807, 2.05) is 0 Å². The number of nitrogens with zero attached hydrogens (tertiary/aromatic N) is 2. The molecule has 86 valence electrons. The molecule has 0 fully saturated rings. The average Bonchev–Trinajstić information content (AvgIpc) is 2.30. The molecular weight excluding hydrogens is 270 g/mol. The Hall–Kier alpha value is -1.28. The topological polar surface area (TPSA) is 47.0 Å². The zero-order valence-corrected chi connectivity index (χ0v) is 10.9. The van der Waals surface area contributed by atoms with Gasteiger partial charge in [0.2, 0.25) is 11.8 Å². The summed E-state index contributed by atoms with van der Waals surface area (Å²) in [6, 6.07) is 0.191. The van der Waals surface area contributed by atoms with Crippen molar-refractivity contribution >= 4 is 21.9 Å². The van der Waals surface area contributed by atoms with E-state index in [-0.39, 0.29) is 6.04 Å². The zero-order chi connectivity index (χ0) is 12.0. The largest absolute Gasteiger partial charge is 0.480 e. The highest BCUT2D eigenvalue weighted by molar-refractivity contribution is 9.10. The second-order valence-corrected chi connectivity index (χ2v) is 4.06. The lowest BCUT2D eigenvalue weighted by Crippen LogP contribution is -2.19. The number of hydrogen-bond donors (Lipinski definition) is 1. The van der Waals surface area contributed by atoms with Crippen LogP contribution in [-0.2, 0) is 0 Å². The lowest BCUT2D eigenvalue weighted by molar-refractivity contribution is 0.394. The number of halogens is 1. The molecule has 1 heterocycles. The fraction of sp³-hybridized carbons (Fsp3) is 0.455. The highest BCUT2D eigenvalue weighted by Gasteiger charge is 2.09. The van der Waals surface area contributed by atoms with Gasteiger partial charge in [0.1, 0.15) is 0 Å². The number of terminal acetylenes is 1. The van der Waals surface area contributed by atoms with Crippen LogP contribution in [0.2, 0.25) is 0 Å². The molecule has 0 aliphatic heterocycles. The van der Waals surface area contributed by atoms with Crippen molar-refractivity contribution in [2.45, 2.75) is 25.8 Å². The zero-order valence-electron chi connectivity index (χ0n) is 9.33. The molecule has 0 aliphatic carbocycles. The molecule has 1 atom stereocenters. The van der Waals surface area contributed by atoms with Gasteiger partial charge in [0.05, 0.1) is 17.8 Å². The molecular formula is C11H14BrN3O. The number of rotatable bonds is 5. The van der Waals surface area contributed by atoms with Crippen LogP contribution >= 0.6 is 15.9 Å². The Morgan fingerprint density at radius 3 is 3.00 bits per heavy atom. The molecule has 1 N–H and O–H groups in total. The number of methoxy groups -OCH3 is 1. The van der Waals surface area contributed by atoms with Gasteiger partial charge in [-0.25, -0.2) is 4.98 Å². The average molecular weight is 284 g/mol. The third-order valence-electron chi connectivity index (χ3n) is 2.10. The summed E-state index contributed by atoms with van der Waals surface area (Å²) in [6.07, 6.45) is 8.50. The first-order chi connectivity index (χ1) is 7.71. The molecule has 0 aromatic carbocycles. The molecule has 5 heteroatoms. The molecule has 1 aromatic heterocycles. The van der Waals surface area contributed by atoms with E-state index in [9.17, 15) is 0 Å². The Morgan fingerprint density at radius 1 is 1.69 bits per heavy atom. The maximum absolute atomic E-state index is 5.28. The van der Waals surface area contributed by atoms with Crippen molar-refractivity contribution in [1.29, 1.82) is 0 Å². The molecule has 4 nitrogen and oxygen atoms in total. The first-order valence-corrected chi connectivity index (χ1v) is 5.77. The molecule has 0 saturated carbocycles. The van der Waals surface area contributed by atoms with Crippen molar-refractivity contribution in [2.75, 3.05) is 12.4 Å². The van der Waals surface area contributed by atoms with Crippen LogP contribution in [0.15, 0.2) is 10.7 Å². The fourth-order valence-electron chi connectivity index (χ4n) is 1.19. The van der Waals surface area contributed by atoms with Crippen molar-refractivity contribution in [1.82, 2.24) is 9.97 Å². The Balaban J connectivity index is 2.77. The van der Waals surface area contributed by atoms with E-state index < -0.39 is 0 Å². The third-order valence-corrected chi connectivity index (χ3v) is 2.64. The maximum Gasteiger partial charge on any atom is 0.232 e.